The summed E-state index contributed by atoms with van der Waals surface area (Å²) in [6.45, 7) is 1.66. The third-order valence-electron chi connectivity index (χ3n) is 8.45. The molecule has 1 saturated heterocycles. The predicted molar refractivity (Wildman–Crippen MR) is 170 cm³/mol. The highest BCUT2D eigenvalue weighted by molar-refractivity contribution is 6.03. The Hall–Kier alpha value is -4.16. The lowest BCUT2D eigenvalue weighted by Crippen LogP contribution is -2.55. The number of halogens is 1. The van der Waals surface area contributed by atoms with Crippen LogP contribution in [0.2, 0.25) is 0 Å². The van der Waals surface area contributed by atoms with Crippen molar-refractivity contribution in [1.29, 1.82) is 0 Å². The number of aliphatic hydroxyl groups is 4. The number of hydrogen-bond acceptors (Lipinski definition) is 9. The zero-order valence-electron chi connectivity index (χ0n) is 26.5. The van der Waals surface area contributed by atoms with E-state index < -0.39 is 48.3 Å². The molecule has 0 aliphatic carbocycles. The van der Waals surface area contributed by atoms with Gasteiger partial charge < -0.3 is 34.8 Å². The van der Waals surface area contributed by atoms with E-state index in [4.69, 9.17) is 9.47 Å². The van der Waals surface area contributed by atoms with Gasteiger partial charge >= 0.3 is 11.9 Å². The van der Waals surface area contributed by atoms with E-state index in [0.29, 0.717) is 36.9 Å². The first-order valence-corrected chi connectivity index (χ1v) is 15.7. The number of aliphatic hydroxyl groups excluding tert-OH is 2. The number of anilines is 1. The Bertz CT molecular complexity index is 1490. The van der Waals surface area contributed by atoms with Crippen LogP contribution in [-0.2, 0) is 36.7 Å². The first-order valence-electron chi connectivity index (χ1n) is 15.7. The number of hydrogen-bond donors (Lipinski definition) is 4. The fourth-order valence-corrected chi connectivity index (χ4v) is 5.81. The zero-order chi connectivity index (χ0) is 34.1. The van der Waals surface area contributed by atoms with Gasteiger partial charge in [-0.2, -0.15) is 0 Å². The van der Waals surface area contributed by atoms with Crippen molar-refractivity contribution in [3.8, 4) is 0 Å². The largest absolute Gasteiger partial charge is 0.463 e. The zero-order valence-corrected chi connectivity index (χ0v) is 26.5. The first kappa shape index (κ1) is 35.7. The molecule has 10 nitrogen and oxygen atoms in total. The molecule has 4 rings (SSSR count). The van der Waals surface area contributed by atoms with Gasteiger partial charge in [0.15, 0.2) is 6.29 Å². The minimum Gasteiger partial charge on any atom is -0.463 e. The third kappa shape index (κ3) is 9.68. The minimum absolute atomic E-state index is 0.100. The minimum atomic E-state index is -1.57. The maximum atomic E-state index is 13.7. The van der Waals surface area contributed by atoms with Crippen molar-refractivity contribution in [1.82, 2.24) is 0 Å². The molecule has 3 aromatic carbocycles. The molecule has 0 spiro atoms. The number of esters is 2. The number of aryl methyl sites for hydroxylation is 2. The van der Waals surface area contributed by atoms with E-state index in [1.807, 2.05) is 48.5 Å². The monoisotopic (exact) mass is 651 g/mol. The Morgan fingerprint density at radius 3 is 2.09 bits per heavy atom. The molecular weight excluding hydrogens is 609 g/mol. The molecule has 252 valence electrons. The molecule has 1 heterocycles. The number of carbonyl (C=O) groups is 3. The topological polar surface area (TPSA) is 154 Å². The van der Waals surface area contributed by atoms with Gasteiger partial charge in [0, 0.05) is 26.0 Å². The first-order chi connectivity index (χ1) is 22.4. The van der Waals surface area contributed by atoms with Crippen LogP contribution < -0.4 is 4.90 Å². The van der Waals surface area contributed by atoms with Crippen LogP contribution in [0.5, 0.6) is 0 Å². The summed E-state index contributed by atoms with van der Waals surface area (Å²) in [5, 5.41) is 38.7. The molecule has 1 amide bonds. The summed E-state index contributed by atoms with van der Waals surface area (Å²) < 4.78 is 24.0. The number of rotatable bonds is 16. The third-order valence-corrected chi connectivity index (χ3v) is 8.45. The van der Waals surface area contributed by atoms with Crippen LogP contribution in [0, 0.1) is 11.7 Å². The molecule has 4 atom stereocenters. The highest BCUT2D eigenvalue weighted by Gasteiger charge is 2.48. The fraction of sp³-hybridized carbons (Fsp3) is 0.417. The molecule has 3 aromatic rings. The van der Waals surface area contributed by atoms with Crippen molar-refractivity contribution in [2.45, 2.75) is 76.4 Å². The summed E-state index contributed by atoms with van der Waals surface area (Å²) in [6, 6.07) is 20.3. The number of benzene rings is 3. The summed E-state index contributed by atoms with van der Waals surface area (Å²) in [5.41, 5.74) is 2.38. The van der Waals surface area contributed by atoms with Gasteiger partial charge in [-0.25, -0.2) is 4.39 Å². The number of β-lactam (4-membered cyclic amide) rings is 1. The van der Waals surface area contributed by atoms with Gasteiger partial charge in [-0.05, 0) is 78.6 Å². The normalized spacial score (nSPS) is 18.0. The van der Waals surface area contributed by atoms with Crippen LogP contribution >= 0.6 is 0 Å². The van der Waals surface area contributed by atoms with Gasteiger partial charge in [-0.1, -0.05) is 48.5 Å². The summed E-state index contributed by atoms with van der Waals surface area (Å²) >= 11 is 0. The predicted octanol–water partition coefficient (Wildman–Crippen LogP) is 4.08. The number of carbonyl (C=O) groups excluding carboxylic acids is 3. The Labute approximate surface area is 273 Å². The Morgan fingerprint density at radius 2 is 1.51 bits per heavy atom. The van der Waals surface area contributed by atoms with Gasteiger partial charge in [0.25, 0.3) is 0 Å². The van der Waals surface area contributed by atoms with Gasteiger partial charge in [-0.3, -0.25) is 14.4 Å². The quantitative estimate of drug-likeness (QED) is 0.102. The van der Waals surface area contributed by atoms with Crippen LogP contribution in [0.4, 0.5) is 10.1 Å². The number of amides is 1. The number of ether oxygens (including phenoxy) is 2. The smallest absolute Gasteiger partial charge is 0.303 e. The Kier molecular flexibility index (Phi) is 12.2. The van der Waals surface area contributed by atoms with E-state index in [0.717, 1.165) is 16.7 Å². The Balaban J connectivity index is 1.55. The van der Waals surface area contributed by atoms with Crippen molar-refractivity contribution in [3.63, 3.8) is 0 Å². The van der Waals surface area contributed by atoms with E-state index >= 15 is 0 Å². The summed E-state index contributed by atoms with van der Waals surface area (Å²) in [4.78, 5) is 38.5. The van der Waals surface area contributed by atoms with Crippen LogP contribution in [-0.4, -0.2) is 63.4 Å². The van der Waals surface area contributed by atoms with Crippen LogP contribution in [0.25, 0.3) is 0 Å². The lowest BCUT2D eigenvalue weighted by Gasteiger charge is -2.48. The lowest BCUT2D eigenvalue weighted by molar-refractivity contribution is -0.152. The van der Waals surface area contributed by atoms with E-state index in [9.17, 15) is 39.2 Å². The second-order valence-corrected chi connectivity index (χ2v) is 12.1. The van der Waals surface area contributed by atoms with E-state index in [1.165, 1.54) is 26.0 Å². The SMILES string of the molecule is CC(=O)OCC(O)(CO)CCc1ccc(C2C(CCC(OC(C)=O)c3ccc(F)cc3)C(=O)N2c2ccc(CCC(O)O)cc2)cc1. The maximum Gasteiger partial charge on any atom is 0.303 e. The van der Waals surface area contributed by atoms with Gasteiger partial charge in [-0.15, -0.1) is 0 Å². The van der Waals surface area contributed by atoms with Crippen molar-refractivity contribution in [3.05, 3.63) is 101 Å². The molecule has 4 N–H and O–H groups in total. The molecule has 0 bridgehead atoms. The molecule has 1 aliphatic heterocycles. The molecule has 4 unspecified atom stereocenters. The van der Waals surface area contributed by atoms with Crippen molar-refractivity contribution in [2.24, 2.45) is 5.92 Å². The van der Waals surface area contributed by atoms with E-state index in [2.05, 4.69) is 0 Å². The van der Waals surface area contributed by atoms with Crippen molar-refractivity contribution < 1.29 is 48.7 Å². The molecule has 1 aliphatic rings. The standard InChI is InChI=1S/C36H42FNO9/c1-23(40)46-22-36(45,21-39)20-19-26-3-8-28(9-4-26)34-31(16-17-32(47-24(2)41)27-10-12-29(37)13-11-27)35(44)38(34)30-14-5-25(6-15-30)7-18-33(42)43/h3-6,8-15,31-34,39,42-43,45H,7,16-22H2,1-2H3. The van der Waals surface area contributed by atoms with Crippen LogP contribution in [0.1, 0.15) is 73.9 Å². The highest BCUT2D eigenvalue weighted by Crippen LogP contribution is 2.46. The Morgan fingerprint density at radius 1 is 0.894 bits per heavy atom. The van der Waals surface area contributed by atoms with E-state index in [1.54, 1.807) is 17.0 Å². The highest BCUT2D eigenvalue weighted by atomic mass is 19.1. The molecule has 0 radical (unpaired) electrons. The van der Waals surface area contributed by atoms with Gasteiger partial charge in [0.05, 0.1) is 18.6 Å². The van der Waals surface area contributed by atoms with Crippen molar-refractivity contribution in [2.75, 3.05) is 18.1 Å². The average molecular weight is 652 g/mol. The average Bonchev–Trinajstić information content (AvgIpc) is 3.05. The summed E-state index contributed by atoms with van der Waals surface area (Å²) in [7, 11) is 0. The maximum absolute atomic E-state index is 13.7. The van der Waals surface area contributed by atoms with Crippen LogP contribution in [0.3, 0.4) is 0 Å². The molecule has 11 heteroatoms. The molecule has 0 aromatic heterocycles. The fourth-order valence-electron chi connectivity index (χ4n) is 5.81. The van der Waals surface area contributed by atoms with E-state index in [-0.39, 0.29) is 31.4 Å². The number of nitrogens with zero attached hydrogens (tertiary/aromatic N) is 1. The summed E-state index contributed by atoms with van der Waals surface area (Å²) in [6.07, 6.45) is -0.109. The van der Waals surface area contributed by atoms with Crippen molar-refractivity contribution >= 4 is 23.5 Å². The molecule has 47 heavy (non-hydrogen) atoms. The molecule has 1 fully saturated rings. The summed E-state index contributed by atoms with van der Waals surface area (Å²) in [5.74, 6) is -1.98. The second kappa shape index (κ2) is 16.1. The molecular formula is C36H42FNO9. The second-order valence-electron chi connectivity index (χ2n) is 12.1. The molecule has 0 saturated carbocycles. The van der Waals surface area contributed by atoms with Gasteiger partial charge in [0.1, 0.15) is 24.1 Å². The van der Waals surface area contributed by atoms with Crippen LogP contribution in [0.15, 0.2) is 72.8 Å². The van der Waals surface area contributed by atoms with Gasteiger partial charge in [0.2, 0.25) is 5.91 Å². The lowest BCUT2D eigenvalue weighted by atomic mass is 9.78.